The highest BCUT2D eigenvalue weighted by molar-refractivity contribution is 6.32. The fourth-order valence-electron chi connectivity index (χ4n) is 2.40. The molecule has 2 aromatic carbocycles. The molecule has 0 radical (unpaired) electrons. The molecule has 0 amide bonds. The van der Waals surface area contributed by atoms with E-state index in [1.54, 1.807) is 25.1 Å². The van der Waals surface area contributed by atoms with Crippen molar-refractivity contribution in [2.45, 2.75) is 13.5 Å². The van der Waals surface area contributed by atoms with E-state index in [0.29, 0.717) is 27.6 Å². The number of halogens is 1. The number of nitro groups is 1. The minimum atomic E-state index is -0.770. The topological polar surface area (TPSA) is 87.9 Å². The second kappa shape index (κ2) is 6.37. The van der Waals surface area contributed by atoms with Crippen LogP contribution in [0, 0.1) is 17.0 Å². The molecule has 0 aliphatic carbocycles. The minimum Gasteiger partial charge on any atom is -0.457 e. The lowest BCUT2D eigenvalue weighted by Gasteiger charge is -2.09. The summed E-state index contributed by atoms with van der Waals surface area (Å²) in [5.74, 6) is 0.144. The molecule has 124 valence electrons. The molecule has 0 bridgehead atoms. The zero-order valence-corrected chi connectivity index (χ0v) is 13.3. The van der Waals surface area contributed by atoms with Gasteiger partial charge >= 0.3 is 5.97 Å². The first-order chi connectivity index (χ1) is 11.5. The number of hydrogen-bond donors (Lipinski definition) is 0. The Morgan fingerprint density at radius 2 is 2.17 bits per heavy atom. The summed E-state index contributed by atoms with van der Waals surface area (Å²) in [4.78, 5) is 22.7. The van der Waals surface area contributed by atoms with Gasteiger partial charge in [-0.25, -0.2) is 4.79 Å². The smallest absolute Gasteiger partial charge is 0.345 e. The molecule has 0 fully saturated rings. The van der Waals surface area contributed by atoms with Gasteiger partial charge in [0, 0.05) is 6.07 Å². The van der Waals surface area contributed by atoms with E-state index in [4.69, 9.17) is 25.8 Å². The molecule has 1 aliphatic rings. The summed E-state index contributed by atoms with van der Waals surface area (Å²) in [6, 6.07) is 7.63. The number of nitrogens with zero attached hydrogens (tertiary/aromatic N) is 1. The number of ether oxygens (including phenoxy) is 3. The van der Waals surface area contributed by atoms with E-state index in [9.17, 15) is 14.9 Å². The van der Waals surface area contributed by atoms with Crippen LogP contribution in [-0.4, -0.2) is 17.7 Å². The average molecular weight is 350 g/mol. The van der Waals surface area contributed by atoms with Crippen LogP contribution in [0.1, 0.15) is 21.5 Å². The maximum Gasteiger partial charge on any atom is 0.345 e. The Labute approximate surface area is 141 Å². The van der Waals surface area contributed by atoms with Crippen LogP contribution in [0.25, 0.3) is 0 Å². The lowest BCUT2D eigenvalue weighted by atomic mass is 10.1. The SMILES string of the molecule is Cc1cccc([N+](=O)[O-])c1C(=O)OCc1cc(Cl)c2c(c1)OCO2. The molecule has 1 aliphatic heterocycles. The molecule has 0 spiro atoms. The number of esters is 1. The first-order valence-electron chi connectivity index (χ1n) is 6.96. The second-order valence-electron chi connectivity index (χ2n) is 5.11. The van der Waals surface area contributed by atoms with E-state index in [-0.39, 0.29) is 24.7 Å². The Balaban J connectivity index is 1.80. The van der Waals surface area contributed by atoms with Crippen molar-refractivity contribution in [1.29, 1.82) is 0 Å². The monoisotopic (exact) mass is 349 g/mol. The molecule has 7 nitrogen and oxygen atoms in total. The Morgan fingerprint density at radius 3 is 2.92 bits per heavy atom. The van der Waals surface area contributed by atoms with E-state index in [2.05, 4.69) is 0 Å². The van der Waals surface area contributed by atoms with Gasteiger partial charge in [-0.1, -0.05) is 23.7 Å². The predicted molar refractivity (Wildman–Crippen MR) is 84.5 cm³/mol. The van der Waals surface area contributed by atoms with Crippen LogP contribution in [0.3, 0.4) is 0 Å². The number of benzene rings is 2. The number of fused-ring (bicyclic) bond motifs is 1. The van der Waals surface area contributed by atoms with Gasteiger partial charge in [0.25, 0.3) is 5.69 Å². The zero-order chi connectivity index (χ0) is 17.3. The van der Waals surface area contributed by atoms with Crippen LogP contribution in [0.15, 0.2) is 30.3 Å². The molecule has 0 aromatic heterocycles. The number of nitro benzene ring substituents is 1. The number of hydrogen-bond acceptors (Lipinski definition) is 6. The number of aryl methyl sites for hydroxylation is 1. The molecule has 0 saturated heterocycles. The van der Waals surface area contributed by atoms with Gasteiger partial charge in [0.1, 0.15) is 12.2 Å². The lowest BCUT2D eigenvalue weighted by molar-refractivity contribution is -0.385. The fourth-order valence-corrected chi connectivity index (χ4v) is 2.68. The van der Waals surface area contributed by atoms with Crippen LogP contribution in [0.5, 0.6) is 11.5 Å². The molecule has 3 rings (SSSR count). The largest absolute Gasteiger partial charge is 0.457 e. The molecular weight excluding hydrogens is 338 g/mol. The maximum atomic E-state index is 12.3. The molecular formula is C16H12ClNO6. The summed E-state index contributed by atoms with van der Waals surface area (Å²) in [6.07, 6.45) is 0. The van der Waals surface area contributed by atoms with E-state index < -0.39 is 10.9 Å². The summed E-state index contributed by atoms with van der Waals surface area (Å²) >= 11 is 6.06. The van der Waals surface area contributed by atoms with Crippen molar-refractivity contribution >= 4 is 23.3 Å². The molecule has 1 heterocycles. The highest BCUT2D eigenvalue weighted by atomic mass is 35.5. The third-order valence-electron chi connectivity index (χ3n) is 3.51. The quantitative estimate of drug-likeness (QED) is 0.475. The average Bonchev–Trinajstić information content (AvgIpc) is 3.01. The summed E-state index contributed by atoms with van der Waals surface area (Å²) in [5.41, 5.74) is 0.713. The summed E-state index contributed by atoms with van der Waals surface area (Å²) < 4.78 is 15.6. The number of carbonyl (C=O) groups is 1. The normalized spacial score (nSPS) is 12.1. The van der Waals surface area contributed by atoms with E-state index >= 15 is 0 Å². The van der Waals surface area contributed by atoms with Crippen LogP contribution in [0.4, 0.5) is 5.69 Å². The van der Waals surface area contributed by atoms with E-state index in [1.807, 2.05) is 0 Å². The molecule has 0 saturated carbocycles. The van der Waals surface area contributed by atoms with Gasteiger partial charge < -0.3 is 14.2 Å². The van der Waals surface area contributed by atoms with Crippen molar-refractivity contribution in [2.75, 3.05) is 6.79 Å². The maximum absolute atomic E-state index is 12.3. The summed E-state index contributed by atoms with van der Waals surface area (Å²) in [7, 11) is 0. The third kappa shape index (κ3) is 2.98. The highest BCUT2D eigenvalue weighted by Gasteiger charge is 2.24. The molecule has 0 unspecified atom stereocenters. The first kappa shape index (κ1) is 16.1. The summed E-state index contributed by atoms with van der Waals surface area (Å²) in [5, 5.41) is 11.4. The molecule has 8 heteroatoms. The van der Waals surface area contributed by atoms with Crippen LogP contribution >= 0.6 is 11.6 Å². The Hall–Kier alpha value is -2.80. The Kier molecular flexibility index (Phi) is 4.26. The van der Waals surface area contributed by atoms with Crippen LogP contribution < -0.4 is 9.47 Å². The number of rotatable bonds is 4. The lowest BCUT2D eigenvalue weighted by Crippen LogP contribution is -2.10. The van der Waals surface area contributed by atoms with Crippen molar-refractivity contribution in [3.05, 3.63) is 62.2 Å². The summed E-state index contributed by atoms with van der Waals surface area (Å²) in [6.45, 7) is 1.59. The molecule has 2 aromatic rings. The standard InChI is InChI=1S/C16H12ClNO6/c1-9-3-2-4-12(18(20)21)14(9)16(19)22-7-10-5-11(17)15-13(6-10)23-8-24-15/h2-6H,7-8H2,1H3. The van der Waals surface area contributed by atoms with Gasteiger partial charge in [-0.2, -0.15) is 0 Å². The van der Waals surface area contributed by atoms with Gasteiger partial charge in [0.2, 0.25) is 6.79 Å². The van der Waals surface area contributed by atoms with Crippen molar-refractivity contribution < 1.29 is 23.9 Å². The predicted octanol–water partition coefficient (Wildman–Crippen LogP) is 3.64. The van der Waals surface area contributed by atoms with Gasteiger partial charge in [0.15, 0.2) is 11.5 Å². The van der Waals surface area contributed by atoms with Crippen molar-refractivity contribution in [1.82, 2.24) is 0 Å². The molecule has 0 atom stereocenters. The van der Waals surface area contributed by atoms with Gasteiger partial charge in [-0.05, 0) is 30.2 Å². The van der Waals surface area contributed by atoms with Crippen LogP contribution in [-0.2, 0) is 11.3 Å². The van der Waals surface area contributed by atoms with Gasteiger partial charge in [-0.3, -0.25) is 10.1 Å². The van der Waals surface area contributed by atoms with Gasteiger partial charge in [0.05, 0.1) is 9.95 Å². The highest BCUT2D eigenvalue weighted by Crippen LogP contribution is 2.40. The van der Waals surface area contributed by atoms with Crippen molar-refractivity contribution in [3.8, 4) is 11.5 Å². The third-order valence-corrected chi connectivity index (χ3v) is 3.79. The number of carbonyl (C=O) groups excluding carboxylic acids is 1. The van der Waals surface area contributed by atoms with E-state index in [0.717, 1.165) is 0 Å². The molecule has 24 heavy (non-hydrogen) atoms. The van der Waals surface area contributed by atoms with Crippen LogP contribution in [0.2, 0.25) is 5.02 Å². The second-order valence-corrected chi connectivity index (χ2v) is 5.52. The first-order valence-corrected chi connectivity index (χ1v) is 7.34. The zero-order valence-electron chi connectivity index (χ0n) is 12.6. The molecule has 0 N–H and O–H groups in total. The minimum absolute atomic E-state index is 0.0608. The van der Waals surface area contributed by atoms with Crippen molar-refractivity contribution in [3.63, 3.8) is 0 Å². The Bertz CT molecular complexity index is 836. The van der Waals surface area contributed by atoms with Gasteiger partial charge in [-0.15, -0.1) is 0 Å². The van der Waals surface area contributed by atoms with E-state index in [1.165, 1.54) is 12.1 Å². The fraction of sp³-hybridized carbons (Fsp3) is 0.188. The Morgan fingerprint density at radius 1 is 1.38 bits per heavy atom. The van der Waals surface area contributed by atoms with Crippen molar-refractivity contribution in [2.24, 2.45) is 0 Å².